The van der Waals surface area contributed by atoms with Gasteiger partial charge in [0, 0.05) is 29.6 Å². The molecular formula is C24H39ClN2O5. The molecule has 1 saturated heterocycles. The number of carbonyl (C=O) groups is 2. The van der Waals surface area contributed by atoms with Gasteiger partial charge in [-0.3, -0.25) is 10.5 Å². The summed E-state index contributed by atoms with van der Waals surface area (Å²) in [5.41, 5.74) is 5.72. The second-order valence-electron chi connectivity index (χ2n) is 8.47. The Labute approximate surface area is 197 Å². The van der Waals surface area contributed by atoms with Crippen LogP contribution in [0.1, 0.15) is 66.4 Å². The second-order valence-corrected chi connectivity index (χ2v) is 8.91. The number of halogens is 1. The first-order valence-electron chi connectivity index (χ1n) is 11.4. The molecule has 1 aromatic rings. The molecule has 7 nitrogen and oxygen atoms in total. The zero-order valence-corrected chi connectivity index (χ0v) is 21.0. The summed E-state index contributed by atoms with van der Waals surface area (Å²) in [5.74, 6) is -0.538. The molecule has 32 heavy (non-hydrogen) atoms. The Bertz CT molecular complexity index is 737. The van der Waals surface area contributed by atoms with E-state index in [0.29, 0.717) is 30.3 Å². The van der Waals surface area contributed by atoms with Gasteiger partial charge in [0.2, 0.25) is 0 Å². The molecule has 2 unspecified atom stereocenters. The maximum Gasteiger partial charge on any atom is 0.410 e. The highest BCUT2D eigenvalue weighted by atomic mass is 35.5. The van der Waals surface area contributed by atoms with Gasteiger partial charge in [0.1, 0.15) is 11.3 Å². The topological polar surface area (TPSA) is 91.1 Å². The molecule has 0 saturated carbocycles. The number of ether oxygens (including phenoxy) is 3. The molecule has 1 aliphatic rings. The molecule has 0 bridgehead atoms. The highest BCUT2D eigenvalue weighted by Crippen LogP contribution is 2.36. The van der Waals surface area contributed by atoms with Crippen molar-refractivity contribution in [2.45, 2.75) is 72.1 Å². The molecule has 1 fully saturated rings. The average molecular weight is 471 g/mol. The molecule has 8 heteroatoms. The smallest absolute Gasteiger partial charge is 0.410 e. The number of nitrogens with two attached hydrogens (primary N) is 1. The molecule has 0 radical (unpaired) electrons. The van der Waals surface area contributed by atoms with Crippen molar-refractivity contribution in [3.63, 3.8) is 0 Å². The molecule has 1 aliphatic heterocycles. The molecule has 1 heterocycles. The van der Waals surface area contributed by atoms with Gasteiger partial charge in [-0.25, -0.2) is 4.79 Å². The van der Waals surface area contributed by atoms with E-state index in [0.717, 1.165) is 12.8 Å². The van der Waals surface area contributed by atoms with Gasteiger partial charge in [-0.2, -0.15) is 0 Å². The van der Waals surface area contributed by atoms with E-state index in [1.54, 1.807) is 24.0 Å². The quantitative estimate of drug-likeness (QED) is 0.440. The molecule has 0 spiro atoms. The van der Waals surface area contributed by atoms with Crippen molar-refractivity contribution >= 4 is 23.7 Å². The van der Waals surface area contributed by atoms with Crippen LogP contribution in [0.15, 0.2) is 24.3 Å². The number of amides is 1. The molecular weight excluding hydrogens is 432 g/mol. The number of piperidine rings is 1. The van der Waals surface area contributed by atoms with Crippen LogP contribution in [0.3, 0.4) is 0 Å². The lowest BCUT2D eigenvalue weighted by Gasteiger charge is -2.43. The van der Waals surface area contributed by atoms with Crippen LogP contribution in [0.25, 0.3) is 0 Å². The fourth-order valence-electron chi connectivity index (χ4n) is 3.52. The second kappa shape index (κ2) is 13.0. The lowest BCUT2D eigenvalue weighted by atomic mass is 9.83. The van der Waals surface area contributed by atoms with Crippen LogP contribution in [0.2, 0.25) is 5.02 Å². The van der Waals surface area contributed by atoms with E-state index >= 15 is 0 Å². The minimum atomic E-state index is -1.21. The largest absolute Gasteiger partial charge is 0.466 e. The third-order valence-electron chi connectivity index (χ3n) is 4.91. The normalized spacial score (nSPS) is 18.1. The fourth-order valence-corrected chi connectivity index (χ4v) is 3.71. The van der Waals surface area contributed by atoms with Crippen molar-refractivity contribution in [3.05, 3.63) is 34.9 Å². The van der Waals surface area contributed by atoms with Crippen molar-refractivity contribution in [2.75, 3.05) is 26.3 Å². The molecule has 182 valence electrons. The summed E-state index contributed by atoms with van der Waals surface area (Å²) in [6, 6.07) is 7.18. The van der Waals surface area contributed by atoms with Gasteiger partial charge in [0.05, 0.1) is 19.6 Å². The van der Waals surface area contributed by atoms with Gasteiger partial charge in [0.15, 0.2) is 0 Å². The maximum absolute atomic E-state index is 12.6. The third-order valence-corrected chi connectivity index (χ3v) is 5.14. The molecule has 0 aromatic heterocycles. The van der Waals surface area contributed by atoms with Gasteiger partial charge in [-0.05, 0) is 52.7 Å². The number of rotatable bonds is 7. The van der Waals surface area contributed by atoms with Crippen LogP contribution in [0.4, 0.5) is 4.79 Å². The summed E-state index contributed by atoms with van der Waals surface area (Å²) < 4.78 is 16.6. The summed E-state index contributed by atoms with van der Waals surface area (Å²) in [6.07, 6.45) is 1.26. The number of nitrogens with zero attached hydrogens (tertiary/aromatic N) is 1. The Balaban J connectivity index is 0.00000249. The molecule has 1 aromatic carbocycles. The van der Waals surface area contributed by atoms with Crippen LogP contribution < -0.4 is 5.73 Å². The van der Waals surface area contributed by atoms with Crippen LogP contribution in [-0.2, 0) is 24.7 Å². The van der Waals surface area contributed by atoms with E-state index in [2.05, 4.69) is 0 Å². The Morgan fingerprint density at radius 1 is 1.25 bits per heavy atom. The van der Waals surface area contributed by atoms with Gasteiger partial charge in [-0.15, -0.1) is 0 Å². The minimum Gasteiger partial charge on any atom is -0.466 e. The standard InChI is InChI=1S/C22H33ClN2O5.C2H6/c1-5-28-19(26)11-13-29-22(24,16-8-6-10-18(23)14-16)17-9-7-12-25(15-17)20(27)30-21(2,3)4;1-2/h6,8,10,14,17H,5,7,9,11-13,15,24H2,1-4H3;1-2H3. The Morgan fingerprint density at radius 3 is 2.53 bits per heavy atom. The molecule has 1 amide bonds. The van der Waals surface area contributed by atoms with E-state index in [1.807, 2.05) is 46.8 Å². The van der Waals surface area contributed by atoms with Crippen molar-refractivity contribution in [2.24, 2.45) is 11.7 Å². The SMILES string of the molecule is CC.CCOC(=O)CCOC(N)(c1cccc(Cl)c1)C1CCCN(C(=O)OC(C)(C)C)C1. The lowest BCUT2D eigenvalue weighted by molar-refractivity contribution is -0.149. The van der Waals surface area contributed by atoms with Crippen molar-refractivity contribution in [1.82, 2.24) is 4.90 Å². The highest BCUT2D eigenvalue weighted by Gasteiger charge is 2.42. The Morgan fingerprint density at radius 2 is 1.94 bits per heavy atom. The first kappa shape index (κ1) is 28.2. The number of hydrogen-bond donors (Lipinski definition) is 1. The van der Waals surface area contributed by atoms with Crippen LogP contribution in [0, 0.1) is 5.92 Å². The molecule has 0 aliphatic carbocycles. The zero-order chi connectivity index (χ0) is 24.4. The minimum absolute atomic E-state index is 0.0931. The predicted octanol–water partition coefficient (Wildman–Crippen LogP) is 5.09. The molecule has 2 atom stereocenters. The van der Waals surface area contributed by atoms with Crippen LogP contribution in [-0.4, -0.2) is 48.9 Å². The zero-order valence-electron chi connectivity index (χ0n) is 20.3. The van der Waals surface area contributed by atoms with E-state index in [9.17, 15) is 9.59 Å². The number of carbonyl (C=O) groups excluding carboxylic acids is 2. The van der Waals surface area contributed by atoms with Gasteiger partial charge in [-0.1, -0.05) is 37.6 Å². The first-order chi connectivity index (χ1) is 15.0. The lowest BCUT2D eigenvalue weighted by Crippen LogP contribution is -2.54. The monoisotopic (exact) mass is 470 g/mol. The van der Waals surface area contributed by atoms with Gasteiger partial charge >= 0.3 is 12.1 Å². The van der Waals surface area contributed by atoms with E-state index in [1.165, 1.54) is 0 Å². The van der Waals surface area contributed by atoms with Crippen LogP contribution in [0.5, 0.6) is 0 Å². The summed E-state index contributed by atoms with van der Waals surface area (Å²) >= 11 is 6.20. The summed E-state index contributed by atoms with van der Waals surface area (Å²) in [5, 5.41) is 0.538. The fraction of sp³-hybridized carbons (Fsp3) is 0.667. The van der Waals surface area contributed by atoms with E-state index in [4.69, 9.17) is 31.5 Å². The van der Waals surface area contributed by atoms with Crippen molar-refractivity contribution in [3.8, 4) is 0 Å². The van der Waals surface area contributed by atoms with Gasteiger partial charge < -0.3 is 19.1 Å². The van der Waals surface area contributed by atoms with Crippen molar-refractivity contribution in [1.29, 1.82) is 0 Å². The number of hydrogen-bond acceptors (Lipinski definition) is 6. The predicted molar refractivity (Wildman–Crippen MR) is 126 cm³/mol. The van der Waals surface area contributed by atoms with Gasteiger partial charge in [0.25, 0.3) is 0 Å². The van der Waals surface area contributed by atoms with Crippen molar-refractivity contribution < 1.29 is 23.8 Å². The van der Waals surface area contributed by atoms with Crippen LogP contribution >= 0.6 is 11.6 Å². The number of esters is 1. The number of benzene rings is 1. The first-order valence-corrected chi connectivity index (χ1v) is 11.8. The Kier molecular flexibility index (Phi) is 11.5. The molecule has 2 N–H and O–H groups in total. The molecule has 2 rings (SSSR count). The average Bonchev–Trinajstić information content (AvgIpc) is 2.74. The highest BCUT2D eigenvalue weighted by molar-refractivity contribution is 6.30. The summed E-state index contributed by atoms with van der Waals surface area (Å²) in [7, 11) is 0. The maximum atomic E-state index is 12.6. The van der Waals surface area contributed by atoms with E-state index in [-0.39, 0.29) is 31.0 Å². The summed E-state index contributed by atoms with van der Waals surface area (Å²) in [4.78, 5) is 26.0. The number of likely N-dealkylation sites (tertiary alicyclic amines) is 1. The van der Waals surface area contributed by atoms with E-state index < -0.39 is 11.3 Å². The summed E-state index contributed by atoms with van der Waals surface area (Å²) in [6.45, 7) is 12.7. The third kappa shape index (κ3) is 8.60. The Hall–Kier alpha value is -1.83.